The maximum absolute atomic E-state index is 12.3. The summed E-state index contributed by atoms with van der Waals surface area (Å²) in [6.45, 7) is -1.88. The number of benzene rings is 1. The minimum atomic E-state index is -2.88. The molecule has 0 aliphatic carbocycles. The van der Waals surface area contributed by atoms with Gasteiger partial charge in [0.2, 0.25) is 0 Å². The number of nitrogens with one attached hydrogen (secondary N) is 1. The molecule has 0 aliphatic heterocycles. The van der Waals surface area contributed by atoms with Gasteiger partial charge < -0.3 is 14.8 Å². The smallest absolute Gasteiger partial charge is 0.387 e. The second-order valence-corrected chi connectivity index (χ2v) is 3.46. The number of hydrogen-bond donors (Lipinski definition) is 1. The molecule has 1 rings (SSSR count). The lowest BCUT2D eigenvalue weighted by Crippen LogP contribution is -2.16. The average molecular weight is 255 g/mol. The predicted octanol–water partition coefficient (Wildman–Crippen LogP) is 2.41. The Kier molecular flexibility index (Phi) is 5.95. The first-order chi connectivity index (χ1) is 8.69. The molecule has 0 radical (unpaired) electrons. The van der Waals surface area contributed by atoms with E-state index >= 15 is 0 Å². The van der Waals surface area contributed by atoms with Crippen LogP contribution in [0.3, 0.4) is 0 Å². The van der Waals surface area contributed by atoms with Crippen LogP contribution in [0.2, 0.25) is 0 Å². The van der Waals surface area contributed by atoms with Gasteiger partial charge in [0.05, 0.1) is 7.11 Å². The van der Waals surface area contributed by atoms with Crippen LogP contribution in [0, 0.1) is 12.3 Å². The minimum Gasteiger partial charge on any atom is -0.493 e. The quantitative estimate of drug-likeness (QED) is 0.599. The largest absolute Gasteiger partial charge is 0.493 e. The highest BCUT2D eigenvalue weighted by atomic mass is 19.3. The van der Waals surface area contributed by atoms with Crippen LogP contribution >= 0.6 is 0 Å². The van der Waals surface area contributed by atoms with E-state index in [9.17, 15) is 8.78 Å². The maximum Gasteiger partial charge on any atom is 0.387 e. The third-order valence-corrected chi connectivity index (χ3v) is 2.25. The minimum absolute atomic E-state index is 0.0585. The lowest BCUT2D eigenvalue weighted by atomic mass is 10.2. The number of methoxy groups -OCH3 is 1. The average Bonchev–Trinajstić information content (AvgIpc) is 2.35. The molecule has 1 aromatic carbocycles. The van der Waals surface area contributed by atoms with Crippen LogP contribution in [0.25, 0.3) is 0 Å². The predicted molar refractivity (Wildman–Crippen MR) is 64.8 cm³/mol. The second kappa shape index (κ2) is 7.51. The van der Waals surface area contributed by atoms with E-state index < -0.39 is 6.61 Å². The number of halogens is 2. The highest BCUT2D eigenvalue weighted by Crippen LogP contribution is 2.32. The molecule has 0 atom stereocenters. The van der Waals surface area contributed by atoms with Crippen molar-refractivity contribution in [3.63, 3.8) is 0 Å². The fourth-order valence-electron chi connectivity index (χ4n) is 1.47. The third kappa shape index (κ3) is 4.22. The number of rotatable bonds is 7. The number of para-hydroxylation sites is 1. The van der Waals surface area contributed by atoms with Gasteiger partial charge in [0.1, 0.15) is 0 Å². The van der Waals surface area contributed by atoms with Gasteiger partial charge in [-0.25, -0.2) is 0 Å². The number of alkyl halides is 2. The summed E-state index contributed by atoms with van der Waals surface area (Å²) in [5.41, 5.74) is 0.603. The van der Waals surface area contributed by atoms with Crippen molar-refractivity contribution < 1.29 is 18.3 Å². The van der Waals surface area contributed by atoms with Crippen LogP contribution in [0.5, 0.6) is 11.5 Å². The molecule has 0 fully saturated rings. The van der Waals surface area contributed by atoms with Gasteiger partial charge >= 0.3 is 6.61 Å². The third-order valence-electron chi connectivity index (χ3n) is 2.25. The first kappa shape index (κ1) is 14.3. The molecular formula is C13H15F2NO2. The lowest BCUT2D eigenvalue weighted by molar-refractivity contribution is -0.0518. The topological polar surface area (TPSA) is 30.5 Å². The molecular weight excluding hydrogens is 240 g/mol. The van der Waals surface area contributed by atoms with Crippen LogP contribution in [0.4, 0.5) is 8.78 Å². The normalized spacial score (nSPS) is 10.2. The van der Waals surface area contributed by atoms with Gasteiger partial charge in [0.15, 0.2) is 11.5 Å². The summed E-state index contributed by atoms with van der Waals surface area (Å²) in [7, 11) is 1.41. The molecule has 0 saturated heterocycles. The molecule has 0 spiro atoms. The number of hydrogen-bond acceptors (Lipinski definition) is 3. The van der Waals surface area contributed by atoms with Crippen LogP contribution in [-0.2, 0) is 6.54 Å². The highest BCUT2D eigenvalue weighted by molar-refractivity contribution is 5.46. The Morgan fingerprint density at radius 3 is 2.83 bits per heavy atom. The van der Waals surface area contributed by atoms with Gasteiger partial charge in [-0.2, -0.15) is 8.78 Å². The molecule has 1 N–H and O–H groups in total. The summed E-state index contributed by atoms with van der Waals surface area (Å²) < 4.78 is 34.2. The molecule has 18 heavy (non-hydrogen) atoms. The Labute approximate surface area is 105 Å². The molecule has 5 heteroatoms. The molecule has 0 heterocycles. The molecule has 0 unspecified atom stereocenters. The Morgan fingerprint density at radius 2 is 2.22 bits per heavy atom. The first-order valence-corrected chi connectivity index (χ1v) is 5.44. The van der Waals surface area contributed by atoms with Crippen molar-refractivity contribution in [3.8, 4) is 23.8 Å². The monoisotopic (exact) mass is 255 g/mol. The summed E-state index contributed by atoms with van der Waals surface area (Å²) in [5, 5.41) is 3.04. The van der Waals surface area contributed by atoms with Crippen molar-refractivity contribution in [2.75, 3.05) is 13.7 Å². The molecule has 0 amide bonds. The molecule has 0 aliphatic rings. The van der Waals surface area contributed by atoms with E-state index in [0.717, 1.165) is 0 Å². The van der Waals surface area contributed by atoms with E-state index in [4.69, 9.17) is 11.2 Å². The standard InChI is InChI=1S/C13H15F2NO2/c1-3-4-8-16-9-10-6-5-7-11(17-2)12(10)18-13(14)15/h1,5-7,13,16H,4,8-9H2,2H3. The zero-order chi connectivity index (χ0) is 13.4. The maximum atomic E-state index is 12.3. The molecule has 1 aromatic rings. The Balaban J connectivity index is 2.78. The van der Waals surface area contributed by atoms with E-state index in [1.165, 1.54) is 7.11 Å². The van der Waals surface area contributed by atoms with Gasteiger partial charge in [0.25, 0.3) is 0 Å². The van der Waals surface area contributed by atoms with Gasteiger partial charge in [0, 0.05) is 25.1 Å². The van der Waals surface area contributed by atoms with Crippen LogP contribution in [0.1, 0.15) is 12.0 Å². The zero-order valence-corrected chi connectivity index (χ0v) is 10.1. The SMILES string of the molecule is C#CCCNCc1cccc(OC)c1OC(F)F. The van der Waals surface area contributed by atoms with Gasteiger partial charge in [-0.15, -0.1) is 12.3 Å². The van der Waals surface area contributed by atoms with E-state index in [0.29, 0.717) is 25.1 Å². The van der Waals surface area contributed by atoms with Crippen molar-refractivity contribution in [1.29, 1.82) is 0 Å². The van der Waals surface area contributed by atoms with Crippen LogP contribution in [-0.4, -0.2) is 20.3 Å². The molecule has 3 nitrogen and oxygen atoms in total. The summed E-state index contributed by atoms with van der Waals surface area (Å²) in [6, 6.07) is 4.99. The van der Waals surface area contributed by atoms with E-state index in [-0.39, 0.29) is 11.5 Å². The fraction of sp³-hybridized carbons (Fsp3) is 0.385. The molecule has 0 aromatic heterocycles. The van der Waals surface area contributed by atoms with Crippen molar-refractivity contribution in [2.24, 2.45) is 0 Å². The number of ether oxygens (including phenoxy) is 2. The summed E-state index contributed by atoms with van der Waals surface area (Å²) in [4.78, 5) is 0. The van der Waals surface area contributed by atoms with Gasteiger partial charge in [-0.05, 0) is 6.07 Å². The van der Waals surface area contributed by atoms with Crippen molar-refractivity contribution in [2.45, 2.75) is 19.6 Å². The van der Waals surface area contributed by atoms with Crippen LogP contribution < -0.4 is 14.8 Å². The van der Waals surface area contributed by atoms with Gasteiger partial charge in [-0.1, -0.05) is 12.1 Å². The zero-order valence-electron chi connectivity index (χ0n) is 10.1. The van der Waals surface area contributed by atoms with E-state index in [1.807, 2.05) is 0 Å². The summed E-state index contributed by atoms with van der Waals surface area (Å²) >= 11 is 0. The summed E-state index contributed by atoms with van der Waals surface area (Å²) in [5.74, 6) is 2.83. The van der Waals surface area contributed by atoms with E-state index in [1.54, 1.807) is 18.2 Å². The van der Waals surface area contributed by atoms with Crippen molar-refractivity contribution in [1.82, 2.24) is 5.32 Å². The Morgan fingerprint density at radius 1 is 1.44 bits per heavy atom. The van der Waals surface area contributed by atoms with Crippen molar-refractivity contribution >= 4 is 0 Å². The molecule has 98 valence electrons. The first-order valence-electron chi connectivity index (χ1n) is 5.44. The van der Waals surface area contributed by atoms with Gasteiger partial charge in [-0.3, -0.25) is 0 Å². The molecule has 0 bridgehead atoms. The fourth-order valence-corrected chi connectivity index (χ4v) is 1.47. The Bertz CT molecular complexity index is 416. The number of terminal acetylenes is 1. The van der Waals surface area contributed by atoms with Crippen molar-refractivity contribution in [3.05, 3.63) is 23.8 Å². The lowest BCUT2D eigenvalue weighted by Gasteiger charge is -2.14. The Hall–Kier alpha value is -1.80. The molecule has 0 saturated carbocycles. The van der Waals surface area contributed by atoms with E-state index in [2.05, 4.69) is 16.0 Å². The summed E-state index contributed by atoms with van der Waals surface area (Å²) in [6.07, 6.45) is 5.69. The highest BCUT2D eigenvalue weighted by Gasteiger charge is 2.14. The second-order valence-electron chi connectivity index (χ2n) is 3.46. The van der Waals surface area contributed by atoms with Crippen LogP contribution in [0.15, 0.2) is 18.2 Å².